The average molecular weight is 336 g/mol. The topological polar surface area (TPSA) is 60.5 Å². The number of amides is 1. The number of nitrogens with zero attached hydrogens (tertiary/aromatic N) is 1. The SMILES string of the molecule is CCCCOc1ccc(NC(=O)[C@](C)(CCC)OCCC)c(C)n1. The molecular formula is C19H32N2O3. The van der Waals surface area contributed by atoms with E-state index in [9.17, 15) is 4.79 Å². The average Bonchev–Trinajstić information content (AvgIpc) is 2.55. The normalized spacial score (nSPS) is 13.4. The highest BCUT2D eigenvalue weighted by molar-refractivity contribution is 5.97. The van der Waals surface area contributed by atoms with Crippen molar-refractivity contribution < 1.29 is 14.3 Å². The fourth-order valence-corrected chi connectivity index (χ4v) is 2.38. The number of hydrogen-bond donors (Lipinski definition) is 1. The lowest BCUT2D eigenvalue weighted by Gasteiger charge is -2.28. The maximum Gasteiger partial charge on any atom is 0.256 e. The summed E-state index contributed by atoms with van der Waals surface area (Å²) in [7, 11) is 0. The van der Waals surface area contributed by atoms with E-state index in [4.69, 9.17) is 9.47 Å². The van der Waals surface area contributed by atoms with Gasteiger partial charge >= 0.3 is 0 Å². The summed E-state index contributed by atoms with van der Waals surface area (Å²) in [5, 5.41) is 2.96. The number of nitrogens with one attached hydrogen (secondary N) is 1. The molecule has 5 nitrogen and oxygen atoms in total. The molecule has 0 aromatic carbocycles. The van der Waals surface area contributed by atoms with Crippen LogP contribution in [0.4, 0.5) is 5.69 Å². The number of carbonyl (C=O) groups is 1. The van der Waals surface area contributed by atoms with E-state index < -0.39 is 5.60 Å². The number of unbranched alkanes of at least 4 members (excludes halogenated alkanes) is 1. The van der Waals surface area contributed by atoms with Gasteiger partial charge in [-0.2, -0.15) is 0 Å². The van der Waals surface area contributed by atoms with Crippen LogP contribution in [0.5, 0.6) is 5.88 Å². The second-order valence-electron chi connectivity index (χ2n) is 6.27. The third-order valence-corrected chi connectivity index (χ3v) is 3.89. The standard InChI is InChI=1S/C19H32N2O3/c1-6-9-14-23-17-11-10-16(15(4)20-17)21-18(22)19(5,12-7-2)24-13-8-3/h10-11H,6-9,12-14H2,1-5H3,(H,21,22)/t19-/m0/s1. The minimum Gasteiger partial charge on any atom is -0.478 e. The van der Waals surface area contributed by atoms with Gasteiger partial charge in [0.2, 0.25) is 5.88 Å². The van der Waals surface area contributed by atoms with E-state index in [0.717, 1.165) is 31.4 Å². The summed E-state index contributed by atoms with van der Waals surface area (Å²) in [6.45, 7) is 11.2. The summed E-state index contributed by atoms with van der Waals surface area (Å²) in [6, 6.07) is 3.63. The minimum atomic E-state index is -0.812. The Bertz CT molecular complexity index is 519. The molecule has 0 aliphatic heterocycles. The molecular weight excluding hydrogens is 304 g/mol. The lowest BCUT2D eigenvalue weighted by Crippen LogP contribution is -2.43. The van der Waals surface area contributed by atoms with Crippen molar-refractivity contribution in [3.63, 3.8) is 0 Å². The summed E-state index contributed by atoms with van der Waals surface area (Å²) in [5.74, 6) is 0.472. The zero-order valence-electron chi connectivity index (χ0n) is 15.8. The Hall–Kier alpha value is -1.62. The van der Waals surface area contributed by atoms with Crippen LogP contribution in [-0.2, 0) is 9.53 Å². The number of pyridine rings is 1. The van der Waals surface area contributed by atoms with E-state index in [-0.39, 0.29) is 5.91 Å². The highest BCUT2D eigenvalue weighted by atomic mass is 16.5. The minimum absolute atomic E-state index is 0.123. The molecule has 136 valence electrons. The molecule has 1 atom stereocenters. The molecule has 1 N–H and O–H groups in total. The molecule has 24 heavy (non-hydrogen) atoms. The molecule has 0 saturated heterocycles. The van der Waals surface area contributed by atoms with Crippen molar-refractivity contribution >= 4 is 11.6 Å². The van der Waals surface area contributed by atoms with Gasteiger partial charge in [-0.15, -0.1) is 0 Å². The van der Waals surface area contributed by atoms with Crippen molar-refractivity contribution in [2.45, 2.75) is 72.3 Å². The Labute approximate surface area is 146 Å². The summed E-state index contributed by atoms with van der Waals surface area (Å²) in [5.41, 5.74) is 0.630. The maximum atomic E-state index is 12.7. The summed E-state index contributed by atoms with van der Waals surface area (Å²) < 4.78 is 11.4. The molecule has 1 amide bonds. The first-order valence-corrected chi connectivity index (χ1v) is 9.02. The lowest BCUT2D eigenvalue weighted by atomic mass is 9.99. The van der Waals surface area contributed by atoms with E-state index in [1.54, 1.807) is 6.07 Å². The number of rotatable bonds is 11. The van der Waals surface area contributed by atoms with Gasteiger partial charge < -0.3 is 14.8 Å². The molecule has 0 aliphatic carbocycles. The molecule has 0 saturated carbocycles. The molecule has 5 heteroatoms. The Balaban J connectivity index is 2.77. The van der Waals surface area contributed by atoms with E-state index >= 15 is 0 Å². The lowest BCUT2D eigenvalue weighted by molar-refractivity contribution is -0.140. The van der Waals surface area contributed by atoms with Crippen LogP contribution >= 0.6 is 0 Å². The van der Waals surface area contributed by atoms with Gasteiger partial charge in [0, 0.05) is 12.7 Å². The van der Waals surface area contributed by atoms with Gasteiger partial charge in [0.25, 0.3) is 5.91 Å². The van der Waals surface area contributed by atoms with E-state index in [1.165, 1.54) is 0 Å². The van der Waals surface area contributed by atoms with E-state index in [2.05, 4.69) is 24.1 Å². The van der Waals surface area contributed by atoms with Gasteiger partial charge in [0.1, 0.15) is 5.60 Å². The van der Waals surface area contributed by atoms with Gasteiger partial charge in [0.15, 0.2) is 0 Å². The molecule has 0 radical (unpaired) electrons. The fraction of sp³-hybridized carbons (Fsp3) is 0.684. The fourth-order valence-electron chi connectivity index (χ4n) is 2.38. The van der Waals surface area contributed by atoms with Crippen molar-refractivity contribution in [3.05, 3.63) is 17.8 Å². The van der Waals surface area contributed by atoms with Crippen molar-refractivity contribution in [2.24, 2.45) is 0 Å². The summed E-state index contributed by atoms with van der Waals surface area (Å²) in [4.78, 5) is 17.1. The molecule has 0 spiro atoms. The van der Waals surface area contributed by atoms with Gasteiger partial charge in [-0.1, -0.05) is 33.6 Å². The predicted molar refractivity (Wildman–Crippen MR) is 97.6 cm³/mol. The highest BCUT2D eigenvalue weighted by Gasteiger charge is 2.33. The van der Waals surface area contributed by atoms with Crippen LogP contribution < -0.4 is 10.1 Å². The van der Waals surface area contributed by atoms with E-state index in [0.29, 0.717) is 31.2 Å². The van der Waals surface area contributed by atoms with Crippen LogP contribution in [-0.4, -0.2) is 29.7 Å². The van der Waals surface area contributed by atoms with Gasteiger partial charge in [0.05, 0.1) is 18.0 Å². The van der Waals surface area contributed by atoms with Gasteiger partial charge in [-0.3, -0.25) is 4.79 Å². The Morgan fingerprint density at radius 1 is 1.17 bits per heavy atom. The smallest absolute Gasteiger partial charge is 0.256 e. The zero-order chi connectivity index (χ0) is 18.0. The largest absolute Gasteiger partial charge is 0.478 e. The monoisotopic (exact) mass is 336 g/mol. The second-order valence-corrected chi connectivity index (χ2v) is 6.27. The number of ether oxygens (including phenoxy) is 2. The number of hydrogen-bond acceptors (Lipinski definition) is 4. The Morgan fingerprint density at radius 2 is 1.92 bits per heavy atom. The van der Waals surface area contributed by atoms with Gasteiger partial charge in [-0.05, 0) is 39.2 Å². The number of carbonyl (C=O) groups excluding carboxylic acids is 1. The summed E-state index contributed by atoms with van der Waals surface area (Å²) >= 11 is 0. The molecule has 1 rings (SSSR count). The third kappa shape index (κ3) is 6.11. The van der Waals surface area contributed by atoms with Crippen LogP contribution in [0, 0.1) is 6.92 Å². The van der Waals surface area contributed by atoms with Crippen molar-refractivity contribution in [1.82, 2.24) is 4.98 Å². The first kappa shape index (κ1) is 20.4. The molecule has 0 bridgehead atoms. The quantitative estimate of drug-likeness (QED) is 0.605. The third-order valence-electron chi connectivity index (χ3n) is 3.89. The second kappa shape index (κ2) is 10.3. The van der Waals surface area contributed by atoms with Gasteiger partial charge in [-0.25, -0.2) is 4.98 Å². The molecule has 0 aliphatic rings. The van der Waals surface area contributed by atoms with E-state index in [1.807, 2.05) is 26.8 Å². The molecule has 0 fully saturated rings. The molecule has 1 heterocycles. The van der Waals surface area contributed by atoms with Crippen LogP contribution in [0.25, 0.3) is 0 Å². The number of anilines is 1. The predicted octanol–water partition coefficient (Wildman–Crippen LogP) is 4.49. The van der Waals surface area contributed by atoms with Crippen molar-refractivity contribution in [1.29, 1.82) is 0 Å². The molecule has 0 unspecified atom stereocenters. The first-order chi connectivity index (χ1) is 11.5. The van der Waals surface area contributed by atoms with Crippen LogP contribution in [0.1, 0.15) is 65.5 Å². The van der Waals surface area contributed by atoms with Crippen LogP contribution in [0.2, 0.25) is 0 Å². The number of aryl methyl sites for hydroxylation is 1. The Kier molecular flexibility index (Phi) is 8.76. The first-order valence-electron chi connectivity index (χ1n) is 9.02. The van der Waals surface area contributed by atoms with Crippen molar-refractivity contribution in [2.75, 3.05) is 18.5 Å². The highest BCUT2D eigenvalue weighted by Crippen LogP contribution is 2.23. The Morgan fingerprint density at radius 3 is 2.50 bits per heavy atom. The van der Waals surface area contributed by atoms with Crippen molar-refractivity contribution in [3.8, 4) is 5.88 Å². The number of aromatic nitrogens is 1. The summed E-state index contributed by atoms with van der Waals surface area (Å²) in [6.07, 6.45) is 4.54. The zero-order valence-corrected chi connectivity index (χ0v) is 15.8. The van der Waals surface area contributed by atoms with Crippen LogP contribution in [0.3, 0.4) is 0 Å². The molecule has 1 aromatic rings. The molecule has 1 aromatic heterocycles. The maximum absolute atomic E-state index is 12.7. The van der Waals surface area contributed by atoms with Crippen LogP contribution in [0.15, 0.2) is 12.1 Å².